The molecule has 0 spiro atoms. The lowest BCUT2D eigenvalue weighted by Gasteiger charge is -2.47. The van der Waals surface area contributed by atoms with Crippen molar-refractivity contribution in [1.82, 2.24) is 9.80 Å². The molecule has 3 fully saturated rings. The molecular weight excluding hydrogens is 422 g/mol. The Hall–Kier alpha value is -3.68. The number of benzene rings is 2. The Morgan fingerprint density at radius 3 is 2.24 bits per heavy atom. The van der Waals surface area contributed by atoms with Gasteiger partial charge in [-0.3, -0.25) is 24.1 Å². The van der Waals surface area contributed by atoms with E-state index in [1.165, 1.54) is 14.7 Å². The number of amides is 4. The third-order valence-corrected chi connectivity index (χ3v) is 7.25. The summed E-state index contributed by atoms with van der Waals surface area (Å²) in [4.78, 5) is 58.5. The number of piperazine rings is 1. The third kappa shape index (κ3) is 2.76. The SMILES string of the molecule is CCN1C(=O)[C@H]2[C@@H](c3ccc(OC)cc3)N3C(=O)CN(c4ccccc4)C(=O)[C@@]3(C)[C@H]2C1=O. The van der Waals surface area contributed by atoms with Crippen LogP contribution in [0, 0.1) is 11.8 Å². The molecule has 4 amide bonds. The fourth-order valence-corrected chi connectivity index (χ4v) is 5.75. The minimum Gasteiger partial charge on any atom is -0.497 e. The Morgan fingerprint density at radius 1 is 0.970 bits per heavy atom. The normalized spacial score (nSPS) is 28.9. The van der Waals surface area contributed by atoms with Crippen LogP contribution in [0.2, 0.25) is 0 Å². The van der Waals surface area contributed by atoms with Gasteiger partial charge in [-0.15, -0.1) is 0 Å². The van der Waals surface area contributed by atoms with Crippen LogP contribution in [0.25, 0.3) is 0 Å². The van der Waals surface area contributed by atoms with Crippen molar-refractivity contribution in [2.24, 2.45) is 11.8 Å². The summed E-state index contributed by atoms with van der Waals surface area (Å²) in [6.45, 7) is 3.45. The largest absolute Gasteiger partial charge is 0.497 e. The minimum atomic E-state index is -1.48. The first kappa shape index (κ1) is 21.2. The monoisotopic (exact) mass is 447 g/mol. The van der Waals surface area contributed by atoms with E-state index in [1.54, 1.807) is 69.5 Å². The summed E-state index contributed by atoms with van der Waals surface area (Å²) < 4.78 is 5.25. The number of fused-ring (bicyclic) bond motifs is 3. The number of ether oxygens (including phenoxy) is 1. The van der Waals surface area contributed by atoms with Crippen molar-refractivity contribution in [1.29, 1.82) is 0 Å². The number of imide groups is 1. The first-order chi connectivity index (χ1) is 15.8. The Balaban J connectivity index is 1.67. The van der Waals surface area contributed by atoms with Gasteiger partial charge in [0, 0.05) is 12.2 Å². The molecule has 8 nitrogen and oxygen atoms in total. The number of likely N-dealkylation sites (tertiary alicyclic amines) is 1. The summed E-state index contributed by atoms with van der Waals surface area (Å²) in [5, 5.41) is 0. The van der Waals surface area contributed by atoms with E-state index in [4.69, 9.17) is 4.74 Å². The number of hydrogen-bond acceptors (Lipinski definition) is 5. The molecule has 8 heteroatoms. The zero-order valence-electron chi connectivity index (χ0n) is 18.7. The third-order valence-electron chi connectivity index (χ3n) is 7.25. The van der Waals surface area contributed by atoms with Crippen molar-refractivity contribution in [3.8, 4) is 5.75 Å². The molecule has 5 rings (SSSR count). The molecule has 33 heavy (non-hydrogen) atoms. The molecule has 0 aliphatic carbocycles. The molecule has 2 aromatic rings. The smallest absolute Gasteiger partial charge is 0.254 e. The first-order valence-electron chi connectivity index (χ1n) is 11.0. The maximum Gasteiger partial charge on any atom is 0.254 e. The average Bonchev–Trinajstić information content (AvgIpc) is 3.27. The van der Waals surface area contributed by atoms with Gasteiger partial charge in [0.05, 0.1) is 25.0 Å². The zero-order valence-corrected chi connectivity index (χ0v) is 18.7. The van der Waals surface area contributed by atoms with Crippen molar-refractivity contribution in [2.75, 3.05) is 25.1 Å². The van der Waals surface area contributed by atoms with E-state index in [0.29, 0.717) is 17.0 Å². The van der Waals surface area contributed by atoms with Gasteiger partial charge in [0.2, 0.25) is 17.7 Å². The molecule has 0 radical (unpaired) electrons. The number of hydrogen-bond donors (Lipinski definition) is 0. The molecule has 3 heterocycles. The van der Waals surface area contributed by atoms with Gasteiger partial charge in [-0.25, -0.2) is 0 Å². The van der Waals surface area contributed by atoms with Crippen LogP contribution in [-0.4, -0.2) is 59.2 Å². The second-order valence-corrected chi connectivity index (χ2v) is 8.78. The van der Waals surface area contributed by atoms with Crippen molar-refractivity contribution in [3.63, 3.8) is 0 Å². The molecule has 170 valence electrons. The highest BCUT2D eigenvalue weighted by Crippen LogP contribution is 2.56. The van der Waals surface area contributed by atoms with Gasteiger partial charge in [-0.1, -0.05) is 30.3 Å². The van der Waals surface area contributed by atoms with E-state index < -0.39 is 29.3 Å². The highest BCUT2D eigenvalue weighted by Gasteiger charge is 2.72. The van der Waals surface area contributed by atoms with Crippen molar-refractivity contribution < 1.29 is 23.9 Å². The summed E-state index contributed by atoms with van der Waals surface area (Å²) in [5.41, 5.74) is -0.190. The van der Waals surface area contributed by atoms with Crippen molar-refractivity contribution >= 4 is 29.3 Å². The highest BCUT2D eigenvalue weighted by atomic mass is 16.5. The summed E-state index contributed by atoms with van der Waals surface area (Å²) in [6, 6.07) is 15.3. The van der Waals surface area contributed by atoms with Gasteiger partial charge in [-0.2, -0.15) is 0 Å². The van der Waals surface area contributed by atoms with Crippen LogP contribution in [0.1, 0.15) is 25.5 Å². The number of nitrogens with zero attached hydrogens (tertiary/aromatic N) is 3. The molecule has 0 saturated carbocycles. The molecule has 4 atom stereocenters. The molecule has 0 N–H and O–H groups in total. The molecule has 3 aliphatic rings. The van der Waals surface area contributed by atoms with E-state index in [9.17, 15) is 19.2 Å². The predicted molar refractivity (Wildman–Crippen MR) is 119 cm³/mol. The van der Waals surface area contributed by atoms with Gasteiger partial charge in [-0.05, 0) is 43.7 Å². The van der Waals surface area contributed by atoms with Gasteiger partial charge >= 0.3 is 0 Å². The van der Waals surface area contributed by atoms with Crippen molar-refractivity contribution in [2.45, 2.75) is 25.4 Å². The number of anilines is 1. The molecule has 0 aromatic heterocycles. The molecule has 0 unspecified atom stereocenters. The lowest BCUT2D eigenvalue weighted by Crippen LogP contribution is -2.68. The van der Waals surface area contributed by atoms with Crippen LogP contribution >= 0.6 is 0 Å². The topological polar surface area (TPSA) is 87.2 Å². The lowest BCUT2D eigenvalue weighted by atomic mass is 9.79. The van der Waals surface area contributed by atoms with Crippen LogP contribution in [0.15, 0.2) is 54.6 Å². The second kappa shape index (κ2) is 7.43. The number of para-hydroxylation sites is 1. The van der Waals surface area contributed by atoms with E-state index in [2.05, 4.69) is 0 Å². The quantitative estimate of drug-likeness (QED) is 0.669. The fraction of sp³-hybridized carbons (Fsp3) is 0.360. The maximum absolute atomic E-state index is 14.0. The van der Waals surface area contributed by atoms with Crippen LogP contribution in [0.3, 0.4) is 0 Å². The molecule has 3 saturated heterocycles. The standard InChI is InChI=1S/C25H25N3O5/c1-4-26-22(30)19-20(23(26)31)25(2)24(32)27(16-8-6-5-7-9-16)14-18(29)28(25)21(19)15-10-12-17(33-3)13-11-15/h5-13,19-21H,4,14H2,1-3H3/t19-,20-,21-,25-/m1/s1. The molecular formula is C25H25N3O5. The van der Waals surface area contributed by atoms with Gasteiger partial charge in [0.25, 0.3) is 5.91 Å². The average molecular weight is 447 g/mol. The van der Waals surface area contributed by atoms with Crippen molar-refractivity contribution in [3.05, 3.63) is 60.2 Å². The molecule has 0 bridgehead atoms. The van der Waals surface area contributed by atoms with Gasteiger partial charge < -0.3 is 14.5 Å². The highest BCUT2D eigenvalue weighted by molar-refractivity contribution is 6.16. The molecule has 2 aromatic carbocycles. The number of carbonyl (C=O) groups excluding carboxylic acids is 4. The van der Waals surface area contributed by atoms with Crippen LogP contribution in [-0.2, 0) is 19.2 Å². The molecule has 3 aliphatic heterocycles. The van der Waals surface area contributed by atoms with Crippen LogP contribution < -0.4 is 9.64 Å². The zero-order chi connectivity index (χ0) is 23.5. The van der Waals surface area contributed by atoms with Gasteiger partial charge in [0.1, 0.15) is 17.8 Å². The lowest BCUT2D eigenvalue weighted by molar-refractivity contribution is -0.155. The second-order valence-electron chi connectivity index (χ2n) is 8.78. The Morgan fingerprint density at radius 2 is 1.64 bits per heavy atom. The fourth-order valence-electron chi connectivity index (χ4n) is 5.75. The number of rotatable bonds is 4. The van der Waals surface area contributed by atoms with Crippen LogP contribution in [0.5, 0.6) is 5.75 Å². The number of methoxy groups -OCH3 is 1. The van der Waals surface area contributed by atoms with E-state index in [0.717, 1.165) is 0 Å². The van der Waals surface area contributed by atoms with Crippen LogP contribution in [0.4, 0.5) is 5.69 Å². The predicted octanol–water partition coefficient (Wildman–Crippen LogP) is 2.01. The summed E-state index contributed by atoms with van der Waals surface area (Å²) in [7, 11) is 1.56. The summed E-state index contributed by atoms with van der Waals surface area (Å²) in [6.07, 6.45) is 0. The minimum absolute atomic E-state index is 0.148. The van der Waals surface area contributed by atoms with Gasteiger partial charge in [0.15, 0.2) is 0 Å². The van der Waals surface area contributed by atoms with E-state index >= 15 is 0 Å². The summed E-state index contributed by atoms with van der Waals surface area (Å²) >= 11 is 0. The Kier molecular flexibility index (Phi) is 4.77. The first-order valence-corrected chi connectivity index (χ1v) is 11.0. The summed E-state index contributed by atoms with van der Waals surface area (Å²) in [5.74, 6) is -2.50. The van der Waals surface area contributed by atoms with E-state index in [1.807, 2.05) is 6.07 Å². The Bertz CT molecular complexity index is 1150. The maximum atomic E-state index is 14.0. The number of carbonyl (C=O) groups is 4. The van der Waals surface area contributed by atoms with E-state index in [-0.39, 0.29) is 30.8 Å². The Labute approximate surface area is 191 Å².